The summed E-state index contributed by atoms with van der Waals surface area (Å²) in [6.45, 7) is 1.27. The molecule has 0 heterocycles. The molecule has 0 saturated carbocycles. The summed E-state index contributed by atoms with van der Waals surface area (Å²) in [5.74, 6) is -0.0529. The molecule has 0 aliphatic carbocycles. The first-order valence-corrected chi connectivity index (χ1v) is 6.97. The fourth-order valence-corrected chi connectivity index (χ4v) is 2.34. The van der Waals surface area contributed by atoms with Crippen LogP contribution in [0.1, 0.15) is 18.6 Å². The van der Waals surface area contributed by atoms with Gasteiger partial charge in [0.1, 0.15) is 0 Å². The van der Waals surface area contributed by atoms with Crippen LogP contribution in [0.4, 0.5) is 0 Å². The molecule has 1 aromatic rings. The molecule has 0 radical (unpaired) electrons. The third-order valence-electron chi connectivity index (χ3n) is 2.72. The van der Waals surface area contributed by atoms with E-state index in [2.05, 4.69) is 20.7 Å². The van der Waals surface area contributed by atoms with Crippen LogP contribution in [-0.4, -0.2) is 38.1 Å². The van der Waals surface area contributed by atoms with Gasteiger partial charge in [-0.3, -0.25) is 9.59 Å². The maximum absolute atomic E-state index is 11.7. The van der Waals surface area contributed by atoms with Crippen LogP contribution in [0.25, 0.3) is 0 Å². The van der Waals surface area contributed by atoms with Gasteiger partial charge in [-0.15, -0.1) is 0 Å². The van der Waals surface area contributed by atoms with Crippen LogP contribution in [0.3, 0.4) is 0 Å². The molecule has 1 aromatic carbocycles. The Labute approximate surface area is 131 Å². The van der Waals surface area contributed by atoms with E-state index in [0.29, 0.717) is 17.1 Å². The molecule has 0 bridgehead atoms. The van der Waals surface area contributed by atoms with Crippen molar-refractivity contribution in [2.45, 2.75) is 17.9 Å². The van der Waals surface area contributed by atoms with Crippen LogP contribution in [0.5, 0.6) is 11.5 Å². The van der Waals surface area contributed by atoms with Gasteiger partial charge in [0.05, 0.1) is 21.3 Å². The van der Waals surface area contributed by atoms with Gasteiger partial charge in [0.25, 0.3) is 0 Å². The second-order valence-corrected chi connectivity index (χ2v) is 5.06. The first-order chi connectivity index (χ1) is 9.94. The average Bonchev–Trinajstić information content (AvgIpc) is 2.50. The Morgan fingerprint density at radius 2 is 1.71 bits per heavy atom. The lowest BCUT2D eigenvalue weighted by Crippen LogP contribution is -2.27. The number of alkyl halides is 1. The SMILES string of the molecule is COC(=O)[C@@H](Br)[C@H](OC(C)=O)c1ccc(OC)c(OC)c1. The van der Waals surface area contributed by atoms with E-state index in [-0.39, 0.29) is 0 Å². The monoisotopic (exact) mass is 360 g/mol. The van der Waals surface area contributed by atoms with Crippen molar-refractivity contribution in [3.8, 4) is 11.5 Å². The molecular weight excluding hydrogens is 344 g/mol. The fourth-order valence-electron chi connectivity index (χ4n) is 1.74. The first-order valence-electron chi connectivity index (χ1n) is 6.05. The molecule has 0 aliphatic rings. The lowest BCUT2D eigenvalue weighted by molar-refractivity contribution is -0.151. The zero-order valence-corrected chi connectivity index (χ0v) is 13.8. The van der Waals surface area contributed by atoms with Gasteiger partial charge < -0.3 is 18.9 Å². The maximum Gasteiger partial charge on any atom is 0.323 e. The van der Waals surface area contributed by atoms with E-state index in [1.807, 2.05) is 0 Å². The molecule has 0 N–H and O–H groups in total. The van der Waals surface area contributed by atoms with Crippen LogP contribution in [0.2, 0.25) is 0 Å². The highest BCUT2D eigenvalue weighted by Crippen LogP contribution is 2.34. The van der Waals surface area contributed by atoms with Crippen LogP contribution >= 0.6 is 15.9 Å². The Balaban J connectivity index is 3.19. The third kappa shape index (κ3) is 4.35. The topological polar surface area (TPSA) is 71.1 Å². The highest BCUT2D eigenvalue weighted by molar-refractivity contribution is 9.10. The Morgan fingerprint density at radius 3 is 2.19 bits per heavy atom. The van der Waals surface area contributed by atoms with E-state index in [4.69, 9.17) is 14.2 Å². The number of esters is 2. The minimum absolute atomic E-state index is 0.469. The van der Waals surface area contributed by atoms with Gasteiger partial charge in [0.15, 0.2) is 22.4 Å². The van der Waals surface area contributed by atoms with Crippen molar-refractivity contribution in [3.05, 3.63) is 23.8 Å². The zero-order valence-electron chi connectivity index (χ0n) is 12.2. The third-order valence-corrected chi connectivity index (χ3v) is 3.58. The largest absolute Gasteiger partial charge is 0.493 e. The summed E-state index contributed by atoms with van der Waals surface area (Å²) in [6, 6.07) is 5.00. The quantitative estimate of drug-likeness (QED) is 0.572. The van der Waals surface area contributed by atoms with E-state index in [1.54, 1.807) is 18.2 Å². The van der Waals surface area contributed by atoms with E-state index in [1.165, 1.54) is 28.3 Å². The average molecular weight is 361 g/mol. The van der Waals surface area contributed by atoms with Crippen molar-refractivity contribution in [1.82, 2.24) is 0 Å². The molecule has 0 aromatic heterocycles. The smallest absolute Gasteiger partial charge is 0.323 e. The lowest BCUT2D eigenvalue weighted by Gasteiger charge is -2.22. The minimum atomic E-state index is -0.838. The molecule has 7 heteroatoms. The summed E-state index contributed by atoms with van der Waals surface area (Å²) >= 11 is 3.19. The molecule has 0 spiro atoms. The van der Waals surface area contributed by atoms with E-state index < -0.39 is 22.9 Å². The van der Waals surface area contributed by atoms with Crippen molar-refractivity contribution < 1.29 is 28.5 Å². The molecule has 0 unspecified atom stereocenters. The minimum Gasteiger partial charge on any atom is -0.493 e. The van der Waals surface area contributed by atoms with Crippen molar-refractivity contribution in [3.63, 3.8) is 0 Å². The van der Waals surface area contributed by atoms with E-state index in [0.717, 1.165) is 0 Å². The van der Waals surface area contributed by atoms with E-state index >= 15 is 0 Å². The summed E-state index contributed by atoms with van der Waals surface area (Å²) in [6.07, 6.45) is -0.838. The Bertz CT molecular complexity index is 516. The molecule has 6 nitrogen and oxygen atoms in total. The van der Waals surface area contributed by atoms with Gasteiger partial charge in [-0.05, 0) is 17.7 Å². The molecule has 116 valence electrons. The van der Waals surface area contributed by atoms with Gasteiger partial charge in [-0.2, -0.15) is 0 Å². The molecule has 0 fully saturated rings. The molecular formula is C14H17BrO6. The van der Waals surface area contributed by atoms with Gasteiger partial charge in [0, 0.05) is 6.92 Å². The molecule has 21 heavy (non-hydrogen) atoms. The molecule has 0 saturated heterocycles. The van der Waals surface area contributed by atoms with Crippen LogP contribution in [0.15, 0.2) is 18.2 Å². The fraction of sp³-hybridized carbons (Fsp3) is 0.429. The lowest BCUT2D eigenvalue weighted by atomic mass is 10.1. The number of hydrogen-bond acceptors (Lipinski definition) is 6. The van der Waals surface area contributed by atoms with Gasteiger partial charge in [-0.1, -0.05) is 22.0 Å². The van der Waals surface area contributed by atoms with Crippen molar-refractivity contribution in [2.24, 2.45) is 0 Å². The van der Waals surface area contributed by atoms with Crippen molar-refractivity contribution in [1.29, 1.82) is 0 Å². The van der Waals surface area contributed by atoms with Crippen molar-refractivity contribution in [2.75, 3.05) is 21.3 Å². The maximum atomic E-state index is 11.7. The number of rotatable bonds is 6. The number of methoxy groups -OCH3 is 3. The Kier molecular flexibility index (Phi) is 6.48. The molecule has 1 rings (SSSR count). The predicted molar refractivity (Wildman–Crippen MR) is 78.8 cm³/mol. The summed E-state index contributed by atoms with van der Waals surface area (Å²) in [4.78, 5) is 22.1. The number of ether oxygens (including phenoxy) is 4. The summed E-state index contributed by atoms with van der Waals surface area (Å²) < 4.78 is 20.2. The molecule has 0 amide bonds. The second-order valence-electron chi connectivity index (χ2n) is 4.07. The van der Waals surface area contributed by atoms with Crippen LogP contribution in [0, 0.1) is 0 Å². The first kappa shape index (κ1) is 17.3. The number of hydrogen-bond donors (Lipinski definition) is 0. The summed E-state index contributed by atoms with van der Waals surface area (Å²) in [7, 11) is 4.27. The highest BCUT2D eigenvalue weighted by atomic mass is 79.9. The number of carbonyl (C=O) groups excluding carboxylic acids is 2. The number of carbonyl (C=O) groups is 2. The predicted octanol–water partition coefficient (Wildman–Crippen LogP) is 2.24. The highest BCUT2D eigenvalue weighted by Gasteiger charge is 2.31. The van der Waals surface area contributed by atoms with Gasteiger partial charge in [-0.25, -0.2) is 0 Å². The normalized spacial score (nSPS) is 13.0. The van der Waals surface area contributed by atoms with Gasteiger partial charge in [0.2, 0.25) is 0 Å². The second kappa shape index (κ2) is 7.87. The Morgan fingerprint density at radius 1 is 1.10 bits per heavy atom. The molecule has 2 atom stereocenters. The van der Waals surface area contributed by atoms with Crippen LogP contribution < -0.4 is 9.47 Å². The number of benzene rings is 1. The van der Waals surface area contributed by atoms with Crippen molar-refractivity contribution >= 4 is 27.9 Å². The van der Waals surface area contributed by atoms with E-state index in [9.17, 15) is 9.59 Å². The Hall–Kier alpha value is -1.76. The molecule has 0 aliphatic heterocycles. The number of halogens is 1. The summed E-state index contributed by atoms with van der Waals surface area (Å²) in [5.41, 5.74) is 0.579. The zero-order chi connectivity index (χ0) is 16.0. The van der Waals surface area contributed by atoms with Crippen LogP contribution in [-0.2, 0) is 19.1 Å². The van der Waals surface area contributed by atoms with Gasteiger partial charge >= 0.3 is 11.9 Å². The summed E-state index contributed by atoms with van der Waals surface area (Å²) in [5, 5.41) is 0. The standard InChI is InChI=1S/C14H17BrO6/c1-8(16)21-13(12(15)14(17)20-4)9-5-6-10(18-2)11(7-9)19-3/h5-7,12-13H,1-4H3/t12-,13+/m0/s1.